The summed E-state index contributed by atoms with van der Waals surface area (Å²) in [4.78, 5) is 17.1. The summed E-state index contributed by atoms with van der Waals surface area (Å²) in [5.41, 5.74) is 4.17. The number of likely N-dealkylation sites (tertiary alicyclic amines) is 1. The van der Waals surface area contributed by atoms with Gasteiger partial charge in [0.2, 0.25) is 5.91 Å². The molecule has 2 aliphatic carbocycles. The summed E-state index contributed by atoms with van der Waals surface area (Å²) >= 11 is 0. The molecular weight excluding hydrogens is 468 g/mol. The van der Waals surface area contributed by atoms with E-state index in [4.69, 9.17) is 4.74 Å². The van der Waals surface area contributed by atoms with Crippen LogP contribution in [-0.2, 0) is 16.6 Å². The van der Waals surface area contributed by atoms with Gasteiger partial charge < -0.3 is 15.0 Å². The van der Waals surface area contributed by atoms with Gasteiger partial charge in [0.1, 0.15) is 11.7 Å². The Labute approximate surface area is 229 Å². The van der Waals surface area contributed by atoms with Crippen LogP contribution in [0.15, 0.2) is 48.5 Å². The lowest BCUT2D eigenvalue weighted by Crippen LogP contribution is -2.82. The van der Waals surface area contributed by atoms with Crippen molar-refractivity contribution in [1.82, 2.24) is 4.90 Å². The molecule has 4 atom stereocenters. The lowest BCUT2D eigenvalue weighted by atomic mass is 9.63. The number of quaternary nitrogens is 1. The zero-order valence-electron chi connectivity index (χ0n) is 23.5. The minimum atomic E-state index is -0.0611. The summed E-state index contributed by atoms with van der Waals surface area (Å²) in [6, 6.07) is 18.1. The highest BCUT2D eigenvalue weighted by Gasteiger charge is 2.55. The number of amides is 1. The van der Waals surface area contributed by atoms with Crippen LogP contribution in [0.2, 0.25) is 0 Å². The number of fused-ring (bicyclic) bond motifs is 2. The van der Waals surface area contributed by atoms with Gasteiger partial charge in [-0.15, -0.1) is 0 Å². The van der Waals surface area contributed by atoms with E-state index in [-0.39, 0.29) is 17.4 Å². The van der Waals surface area contributed by atoms with E-state index in [0.717, 1.165) is 57.5 Å². The second kappa shape index (κ2) is 11.0. The van der Waals surface area contributed by atoms with Crippen molar-refractivity contribution < 1.29 is 14.8 Å². The monoisotopic (exact) mass is 515 g/mol. The van der Waals surface area contributed by atoms with Crippen molar-refractivity contribution in [2.75, 3.05) is 19.6 Å². The minimum Gasteiger partial charge on any atom is -0.491 e. The number of nitrogens with two attached hydrogens (primary N) is 1. The number of benzene rings is 2. The van der Waals surface area contributed by atoms with Crippen LogP contribution in [0.3, 0.4) is 0 Å². The van der Waals surface area contributed by atoms with Crippen molar-refractivity contribution in [3.63, 3.8) is 0 Å². The minimum absolute atomic E-state index is 0.0611. The summed E-state index contributed by atoms with van der Waals surface area (Å²) in [5.74, 6) is 2.78. The third kappa shape index (κ3) is 4.78. The number of nitrogens with zero attached hydrogens (tertiary/aromatic N) is 1. The van der Waals surface area contributed by atoms with Gasteiger partial charge in [0.25, 0.3) is 0 Å². The molecule has 1 saturated carbocycles. The van der Waals surface area contributed by atoms with Crippen molar-refractivity contribution in [3.05, 3.63) is 65.2 Å². The Kier molecular flexibility index (Phi) is 7.53. The number of piperidine rings is 1. The maximum atomic E-state index is 14.7. The fraction of sp³-hybridized carbons (Fsp3) is 0.618. The van der Waals surface area contributed by atoms with Gasteiger partial charge in [-0.25, -0.2) is 0 Å². The van der Waals surface area contributed by atoms with Crippen molar-refractivity contribution in [2.24, 2.45) is 11.8 Å². The van der Waals surface area contributed by atoms with Gasteiger partial charge >= 0.3 is 0 Å². The zero-order chi connectivity index (χ0) is 26.1. The van der Waals surface area contributed by atoms with Crippen molar-refractivity contribution >= 4 is 5.91 Å². The van der Waals surface area contributed by atoms with Crippen LogP contribution in [0.5, 0.6) is 5.75 Å². The molecule has 4 nitrogen and oxygen atoms in total. The summed E-state index contributed by atoms with van der Waals surface area (Å²) < 4.78 is 6.27. The smallest absolute Gasteiger partial charge is 0.232 e. The lowest BCUT2D eigenvalue weighted by molar-refractivity contribution is -0.640. The number of ether oxygens (including phenoxy) is 1. The van der Waals surface area contributed by atoms with Crippen LogP contribution in [0, 0.1) is 11.8 Å². The molecule has 2 aliphatic heterocycles. The largest absolute Gasteiger partial charge is 0.491 e. The standard InChI is InChI=1S/C34H46N2O2/c1-24(2)38-32-17-9-16-29-28(32)15-10-19-34(29)23-35-22-30(34)33(37)36-20-18-27(25-11-5-3-6-12-25)21-31(36)26-13-7-4-8-14-26/h3,5-6,9,11-12,16-17,24,26-27,30-31,35H,4,7-8,10,13-15,18-23H2,1-2H3/p+1/t27-,30+,31+,34+/m1/s1. The normalized spacial score (nSPS) is 30.0. The van der Waals surface area contributed by atoms with Crippen LogP contribution in [0.25, 0.3) is 0 Å². The molecule has 2 heterocycles. The van der Waals surface area contributed by atoms with E-state index in [1.165, 1.54) is 48.8 Å². The second-order valence-corrected chi connectivity index (χ2v) is 12.9. The van der Waals surface area contributed by atoms with E-state index >= 15 is 0 Å². The number of rotatable bonds is 5. The molecule has 2 N–H and O–H groups in total. The molecule has 4 aliphatic rings. The van der Waals surface area contributed by atoms with Gasteiger partial charge in [-0.3, -0.25) is 4.79 Å². The highest BCUT2D eigenvalue weighted by Crippen LogP contribution is 2.48. The van der Waals surface area contributed by atoms with Crippen LogP contribution in [0.4, 0.5) is 0 Å². The Morgan fingerprint density at radius 2 is 1.82 bits per heavy atom. The van der Waals surface area contributed by atoms with Gasteiger partial charge in [0.15, 0.2) is 0 Å². The third-order valence-corrected chi connectivity index (χ3v) is 10.4. The number of carbonyl (C=O) groups excluding carboxylic acids is 1. The molecule has 0 radical (unpaired) electrons. The van der Waals surface area contributed by atoms with Crippen molar-refractivity contribution in [2.45, 2.75) is 102 Å². The van der Waals surface area contributed by atoms with E-state index in [1.54, 1.807) is 0 Å². The first-order valence-corrected chi connectivity index (χ1v) is 15.5. The Balaban J connectivity index is 1.31. The third-order valence-electron chi connectivity index (χ3n) is 10.4. The molecule has 2 aromatic rings. The molecule has 6 rings (SSSR count). The van der Waals surface area contributed by atoms with Gasteiger partial charge in [-0.2, -0.15) is 0 Å². The quantitative estimate of drug-likeness (QED) is 0.564. The molecule has 0 unspecified atom stereocenters. The summed E-state index contributed by atoms with van der Waals surface area (Å²) in [5, 5.41) is 2.43. The summed E-state index contributed by atoms with van der Waals surface area (Å²) in [7, 11) is 0. The fourth-order valence-corrected chi connectivity index (χ4v) is 8.62. The van der Waals surface area contributed by atoms with Crippen LogP contribution < -0.4 is 10.1 Å². The molecule has 2 aromatic carbocycles. The molecule has 0 aromatic heterocycles. The van der Waals surface area contributed by atoms with E-state index in [9.17, 15) is 4.79 Å². The van der Waals surface area contributed by atoms with Gasteiger partial charge in [0.05, 0.1) is 24.6 Å². The fourth-order valence-electron chi connectivity index (χ4n) is 8.62. The molecular formula is C34H47N2O2+. The van der Waals surface area contributed by atoms with E-state index in [1.807, 2.05) is 0 Å². The molecule has 204 valence electrons. The zero-order valence-corrected chi connectivity index (χ0v) is 23.5. The van der Waals surface area contributed by atoms with Crippen molar-refractivity contribution in [3.8, 4) is 5.75 Å². The van der Waals surface area contributed by atoms with Gasteiger partial charge in [0, 0.05) is 12.6 Å². The Morgan fingerprint density at radius 1 is 1.00 bits per heavy atom. The molecule has 38 heavy (non-hydrogen) atoms. The van der Waals surface area contributed by atoms with E-state index in [0.29, 0.717) is 23.8 Å². The van der Waals surface area contributed by atoms with Crippen molar-refractivity contribution in [1.29, 1.82) is 0 Å². The Hall–Kier alpha value is -2.33. The summed E-state index contributed by atoms with van der Waals surface area (Å²) in [6.45, 7) is 7.07. The number of carbonyl (C=O) groups is 1. The van der Waals surface area contributed by atoms with Gasteiger partial charge in [-0.05, 0) is 93.4 Å². The maximum absolute atomic E-state index is 14.7. The predicted molar refractivity (Wildman–Crippen MR) is 152 cm³/mol. The Bertz CT molecular complexity index is 1110. The molecule has 1 spiro atoms. The van der Waals surface area contributed by atoms with E-state index < -0.39 is 0 Å². The number of hydrogen-bond acceptors (Lipinski definition) is 2. The predicted octanol–water partition coefficient (Wildman–Crippen LogP) is 5.60. The molecule has 0 bridgehead atoms. The van der Waals surface area contributed by atoms with Gasteiger partial charge in [-0.1, -0.05) is 61.7 Å². The molecule has 2 saturated heterocycles. The molecule has 4 heteroatoms. The number of hydrogen-bond donors (Lipinski definition) is 1. The van der Waals surface area contributed by atoms with Crippen LogP contribution >= 0.6 is 0 Å². The summed E-state index contributed by atoms with van der Waals surface area (Å²) in [6.07, 6.45) is 12.3. The average Bonchev–Trinajstić information content (AvgIpc) is 3.37. The second-order valence-electron chi connectivity index (χ2n) is 12.9. The first-order chi connectivity index (χ1) is 18.6. The highest BCUT2D eigenvalue weighted by molar-refractivity contribution is 5.82. The van der Waals surface area contributed by atoms with E-state index in [2.05, 4.69) is 72.6 Å². The van der Waals surface area contributed by atoms with Crippen LogP contribution in [0.1, 0.15) is 94.2 Å². The lowest BCUT2D eigenvalue weighted by Gasteiger charge is -2.47. The highest BCUT2D eigenvalue weighted by atomic mass is 16.5. The first-order valence-electron chi connectivity index (χ1n) is 15.5. The van der Waals surface area contributed by atoms with Crippen LogP contribution in [-0.4, -0.2) is 42.6 Å². The Morgan fingerprint density at radius 3 is 2.61 bits per heavy atom. The molecule has 3 fully saturated rings. The topological polar surface area (TPSA) is 46.1 Å². The first kappa shape index (κ1) is 25.9. The molecule has 1 amide bonds. The maximum Gasteiger partial charge on any atom is 0.232 e. The SMILES string of the molecule is CC(C)Oc1cccc2c1CCC[C@]21C[NH2+]C[C@H]1C(=O)N1CC[C@@H](c2ccccc2)C[C@H]1C1CCCCC1. The average molecular weight is 516 g/mol.